The molecule has 1 atom stereocenters. The van der Waals surface area contributed by atoms with E-state index in [0.717, 1.165) is 33.5 Å². The molecule has 0 aliphatic rings. The summed E-state index contributed by atoms with van der Waals surface area (Å²) in [5.74, 6) is 0.628. The number of benzene rings is 2. The molecule has 0 aliphatic carbocycles. The molecule has 0 radical (unpaired) electrons. The van der Waals surface area contributed by atoms with Crippen molar-refractivity contribution in [1.82, 2.24) is 24.3 Å². The number of anilines is 1. The third-order valence-corrected chi connectivity index (χ3v) is 6.03. The summed E-state index contributed by atoms with van der Waals surface area (Å²) in [5.41, 5.74) is 4.12. The second-order valence-corrected chi connectivity index (χ2v) is 8.59. The zero-order valence-corrected chi connectivity index (χ0v) is 19.8. The lowest BCUT2D eigenvalue weighted by Crippen LogP contribution is -2.26. The minimum atomic E-state index is -0.246. The number of aryl methyl sites for hydroxylation is 2. The van der Waals surface area contributed by atoms with Gasteiger partial charge in [0.2, 0.25) is 5.28 Å². The van der Waals surface area contributed by atoms with Crippen LogP contribution >= 0.6 is 11.6 Å². The summed E-state index contributed by atoms with van der Waals surface area (Å²) in [6.45, 7) is 3.91. The summed E-state index contributed by atoms with van der Waals surface area (Å²) in [6, 6.07) is 17.4. The van der Waals surface area contributed by atoms with Crippen LogP contribution in [0.3, 0.4) is 0 Å². The molecule has 0 amide bonds. The van der Waals surface area contributed by atoms with E-state index in [-0.39, 0.29) is 16.9 Å². The number of rotatable bonds is 5. The van der Waals surface area contributed by atoms with Crippen LogP contribution in [0.5, 0.6) is 0 Å². The van der Waals surface area contributed by atoms with Crippen LogP contribution in [-0.4, -0.2) is 24.3 Å². The summed E-state index contributed by atoms with van der Waals surface area (Å²) >= 11 is 6.03. The maximum atomic E-state index is 14.1. The third kappa shape index (κ3) is 3.95. The van der Waals surface area contributed by atoms with E-state index in [4.69, 9.17) is 11.6 Å². The van der Waals surface area contributed by atoms with Gasteiger partial charge in [-0.05, 0) is 54.6 Å². The average Bonchev–Trinajstić information content (AvgIpc) is 3.27. The molecule has 0 spiro atoms. The van der Waals surface area contributed by atoms with Crippen molar-refractivity contribution < 1.29 is 0 Å². The number of para-hydroxylation sites is 1. The second-order valence-electron chi connectivity index (χ2n) is 8.25. The molecule has 5 aromatic rings. The molecule has 3 aromatic heterocycles. The van der Waals surface area contributed by atoms with Crippen LogP contribution in [0.15, 0.2) is 78.0 Å². The Morgan fingerprint density at radius 1 is 1.06 bits per heavy atom. The van der Waals surface area contributed by atoms with Crippen LogP contribution in [0, 0.1) is 6.92 Å². The van der Waals surface area contributed by atoms with E-state index < -0.39 is 0 Å². The highest BCUT2D eigenvalue weighted by Gasteiger charge is 2.20. The van der Waals surface area contributed by atoms with Gasteiger partial charge in [0.05, 0.1) is 17.6 Å². The van der Waals surface area contributed by atoms with Gasteiger partial charge in [-0.1, -0.05) is 36.4 Å². The molecule has 1 N–H and O–H groups in total. The van der Waals surface area contributed by atoms with E-state index in [0.29, 0.717) is 11.2 Å². The molecule has 1 unspecified atom stereocenters. The van der Waals surface area contributed by atoms with Crippen LogP contribution in [0.2, 0.25) is 5.28 Å². The van der Waals surface area contributed by atoms with Gasteiger partial charge >= 0.3 is 0 Å². The Bertz CT molecular complexity index is 1560. The standard InChI is InChI=1S/C26H23ClN6O/c1-16-13-28-26(27)31-24(16)30-17(2)22-12-18-8-7-11-21(19-14-29-32(3)15-19)23(18)25(34)33(22)20-9-5-4-6-10-20/h4-15,17H,1-3H3,(H,28,30,31). The molecule has 3 heterocycles. The maximum absolute atomic E-state index is 14.1. The predicted molar refractivity (Wildman–Crippen MR) is 136 cm³/mol. The fraction of sp³-hybridized carbons (Fsp3) is 0.154. The first-order chi connectivity index (χ1) is 16.4. The maximum Gasteiger partial charge on any atom is 0.263 e. The number of hydrogen-bond acceptors (Lipinski definition) is 5. The summed E-state index contributed by atoms with van der Waals surface area (Å²) in [5, 5.41) is 9.38. The zero-order valence-electron chi connectivity index (χ0n) is 19.0. The van der Waals surface area contributed by atoms with E-state index in [1.807, 2.05) is 75.6 Å². The number of halogens is 1. The highest BCUT2D eigenvalue weighted by atomic mass is 35.5. The van der Waals surface area contributed by atoms with Gasteiger partial charge in [0, 0.05) is 41.9 Å². The smallest absolute Gasteiger partial charge is 0.263 e. The first-order valence-corrected chi connectivity index (χ1v) is 11.3. The molecule has 5 rings (SSSR count). The fourth-order valence-electron chi connectivity index (χ4n) is 4.19. The summed E-state index contributed by atoms with van der Waals surface area (Å²) in [7, 11) is 1.86. The number of aromatic nitrogens is 5. The van der Waals surface area contributed by atoms with Gasteiger partial charge in [-0.3, -0.25) is 14.0 Å². The lowest BCUT2D eigenvalue weighted by molar-refractivity contribution is 0.768. The minimum absolute atomic E-state index is 0.0933. The molecule has 8 heteroatoms. The topological polar surface area (TPSA) is 77.6 Å². The SMILES string of the molecule is Cc1cnc(Cl)nc1NC(C)c1cc2cccc(-c3cnn(C)c3)c2c(=O)n1-c1ccccc1. The van der Waals surface area contributed by atoms with Crippen LogP contribution < -0.4 is 10.9 Å². The third-order valence-electron chi connectivity index (χ3n) is 5.84. The summed E-state index contributed by atoms with van der Waals surface area (Å²) in [4.78, 5) is 22.4. The second kappa shape index (κ2) is 8.76. The first kappa shape index (κ1) is 21.9. The molecular weight excluding hydrogens is 448 g/mol. The van der Waals surface area contributed by atoms with Crippen LogP contribution in [0.4, 0.5) is 5.82 Å². The van der Waals surface area contributed by atoms with Crippen molar-refractivity contribution in [1.29, 1.82) is 0 Å². The van der Waals surface area contributed by atoms with E-state index in [2.05, 4.69) is 26.4 Å². The predicted octanol–water partition coefficient (Wildman–Crippen LogP) is 5.32. The molecule has 0 saturated carbocycles. The molecule has 2 aromatic carbocycles. The Hall–Kier alpha value is -3.97. The Morgan fingerprint density at radius 3 is 2.59 bits per heavy atom. The molecule has 7 nitrogen and oxygen atoms in total. The lowest BCUT2D eigenvalue weighted by atomic mass is 9.99. The molecule has 170 valence electrons. The van der Waals surface area contributed by atoms with Crippen molar-refractivity contribution in [2.75, 3.05) is 5.32 Å². The van der Waals surface area contributed by atoms with Crippen molar-refractivity contribution in [3.05, 3.63) is 100 Å². The van der Waals surface area contributed by atoms with Crippen molar-refractivity contribution in [3.8, 4) is 16.8 Å². The van der Waals surface area contributed by atoms with Crippen molar-refractivity contribution in [2.45, 2.75) is 19.9 Å². The number of nitrogens with zero attached hydrogens (tertiary/aromatic N) is 5. The van der Waals surface area contributed by atoms with E-state index in [9.17, 15) is 4.79 Å². The van der Waals surface area contributed by atoms with Gasteiger partial charge in [-0.2, -0.15) is 5.10 Å². The largest absolute Gasteiger partial charge is 0.362 e. The quantitative estimate of drug-likeness (QED) is 0.352. The summed E-state index contributed by atoms with van der Waals surface area (Å²) in [6.07, 6.45) is 5.37. The molecule has 0 fully saturated rings. The first-order valence-electron chi connectivity index (χ1n) is 10.9. The molecular formula is C26H23ClN6O. The normalized spacial score (nSPS) is 12.1. The van der Waals surface area contributed by atoms with E-state index in [1.54, 1.807) is 21.6 Å². The highest BCUT2D eigenvalue weighted by molar-refractivity contribution is 6.28. The van der Waals surface area contributed by atoms with E-state index >= 15 is 0 Å². The molecule has 0 saturated heterocycles. The van der Waals surface area contributed by atoms with Crippen molar-refractivity contribution in [2.24, 2.45) is 7.05 Å². The van der Waals surface area contributed by atoms with Gasteiger partial charge in [0.15, 0.2) is 0 Å². The Morgan fingerprint density at radius 2 is 1.85 bits per heavy atom. The number of nitrogens with one attached hydrogen (secondary N) is 1. The Labute approximate surface area is 201 Å². The van der Waals surface area contributed by atoms with Gasteiger partial charge < -0.3 is 5.32 Å². The lowest BCUT2D eigenvalue weighted by Gasteiger charge is -2.22. The van der Waals surface area contributed by atoms with Crippen LogP contribution in [0.25, 0.3) is 27.6 Å². The summed E-state index contributed by atoms with van der Waals surface area (Å²) < 4.78 is 3.50. The van der Waals surface area contributed by atoms with Crippen LogP contribution in [0.1, 0.15) is 24.2 Å². The van der Waals surface area contributed by atoms with Gasteiger partial charge in [0.25, 0.3) is 5.56 Å². The molecule has 0 bridgehead atoms. The molecule has 34 heavy (non-hydrogen) atoms. The molecule has 0 aliphatic heterocycles. The van der Waals surface area contributed by atoms with Gasteiger partial charge in [-0.25, -0.2) is 9.97 Å². The number of pyridine rings is 1. The zero-order chi connectivity index (χ0) is 23.8. The number of hydrogen-bond donors (Lipinski definition) is 1. The minimum Gasteiger partial charge on any atom is -0.362 e. The van der Waals surface area contributed by atoms with Crippen molar-refractivity contribution >= 4 is 28.2 Å². The Kier molecular flexibility index (Phi) is 5.63. The highest BCUT2D eigenvalue weighted by Crippen LogP contribution is 2.30. The van der Waals surface area contributed by atoms with Crippen LogP contribution in [-0.2, 0) is 7.05 Å². The number of fused-ring (bicyclic) bond motifs is 1. The average molecular weight is 471 g/mol. The van der Waals surface area contributed by atoms with Gasteiger partial charge in [-0.15, -0.1) is 0 Å². The monoisotopic (exact) mass is 470 g/mol. The van der Waals surface area contributed by atoms with Crippen molar-refractivity contribution in [3.63, 3.8) is 0 Å². The van der Waals surface area contributed by atoms with E-state index in [1.165, 1.54) is 0 Å². The fourth-order valence-corrected chi connectivity index (χ4v) is 4.32. The van der Waals surface area contributed by atoms with Gasteiger partial charge in [0.1, 0.15) is 5.82 Å². The Balaban J connectivity index is 1.75.